The lowest BCUT2D eigenvalue weighted by atomic mass is 9.93. The van der Waals surface area contributed by atoms with Crippen LogP contribution in [0.3, 0.4) is 0 Å². The number of benzene rings is 5. The monoisotopic (exact) mass is 665 g/mol. The Hall–Kier alpha value is -4.46. The Bertz CT molecular complexity index is 1880. The summed E-state index contributed by atoms with van der Waals surface area (Å²) in [6.07, 6.45) is 2.41. The summed E-state index contributed by atoms with van der Waals surface area (Å²) >= 11 is 6.45. The Balaban J connectivity index is 0.00000433. The molecule has 0 spiro atoms. The Labute approximate surface area is 286 Å². The van der Waals surface area contributed by atoms with Crippen LogP contribution in [0.4, 0.5) is 0 Å². The third kappa shape index (κ3) is 7.75. The molecule has 6 rings (SSSR count). The zero-order chi connectivity index (χ0) is 32.0. The SMILES string of the molecule is CCC(N[C@H]1CCc2ccccc21)C(=O)NC(=O)c1ccc(-c2ccccc2)cc1-c1ccc(Cl)cc1Oc1cccc(CN)c1.Cl. The lowest BCUT2D eigenvalue weighted by Gasteiger charge is -2.22. The molecule has 0 aliphatic heterocycles. The van der Waals surface area contributed by atoms with Crippen LogP contribution in [0.2, 0.25) is 5.02 Å². The van der Waals surface area contributed by atoms with Crippen molar-refractivity contribution in [3.05, 3.63) is 143 Å². The second-order valence-corrected chi connectivity index (χ2v) is 11.9. The van der Waals surface area contributed by atoms with E-state index in [1.54, 1.807) is 18.2 Å². The van der Waals surface area contributed by atoms with E-state index in [0.717, 1.165) is 29.5 Å². The predicted molar refractivity (Wildman–Crippen MR) is 191 cm³/mol. The van der Waals surface area contributed by atoms with E-state index >= 15 is 0 Å². The molecule has 1 aliphatic carbocycles. The van der Waals surface area contributed by atoms with Gasteiger partial charge in [-0.1, -0.05) is 91.3 Å². The molecule has 8 heteroatoms. The number of imide groups is 1. The molecule has 5 aromatic carbocycles. The van der Waals surface area contributed by atoms with E-state index < -0.39 is 11.9 Å². The molecule has 6 nitrogen and oxygen atoms in total. The average molecular weight is 667 g/mol. The van der Waals surface area contributed by atoms with Crippen LogP contribution >= 0.6 is 24.0 Å². The van der Waals surface area contributed by atoms with Crippen molar-refractivity contribution in [1.82, 2.24) is 10.6 Å². The van der Waals surface area contributed by atoms with Gasteiger partial charge in [-0.2, -0.15) is 0 Å². The lowest BCUT2D eigenvalue weighted by molar-refractivity contribution is -0.122. The zero-order valence-electron chi connectivity index (χ0n) is 26.0. The Morgan fingerprint density at radius 1 is 0.872 bits per heavy atom. The number of halogens is 2. The number of carbonyl (C=O) groups is 2. The van der Waals surface area contributed by atoms with Gasteiger partial charge in [-0.25, -0.2) is 0 Å². The summed E-state index contributed by atoms with van der Waals surface area (Å²) < 4.78 is 6.36. The van der Waals surface area contributed by atoms with Crippen LogP contribution in [0.25, 0.3) is 22.3 Å². The fraction of sp³-hybridized carbons (Fsp3) is 0.179. The normalized spacial score (nSPS) is 14.1. The maximum atomic E-state index is 13.9. The van der Waals surface area contributed by atoms with Crippen LogP contribution in [0.1, 0.15) is 52.9 Å². The highest BCUT2D eigenvalue weighted by Gasteiger charge is 2.28. The maximum Gasteiger partial charge on any atom is 0.258 e. The number of nitrogens with one attached hydrogen (secondary N) is 2. The van der Waals surface area contributed by atoms with Gasteiger partial charge in [0.15, 0.2) is 0 Å². The summed E-state index contributed by atoms with van der Waals surface area (Å²) in [6, 6.07) is 36.2. The summed E-state index contributed by atoms with van der Waals surface area (Å²) in [7, 11) is 0. The molecule has 0 bridgehead atoms. The molecule has 47 heavy (non-hydrogen) atoms. The molecule has 240 valence electrons. The number of hydrogen-bond acceptors (Lipinski definition) is 5. The van der Waals surface area contributed by atoms with Crippen LogP contribution in [-0.4, -0.2) is 17.9 Å². The average Bonchev–Trinajstić information content (AvgIpc) is 3.50. The fourth-order valence-corrected chi connectivity index (χ4v) is 6.22. The fourth-order valence-electron chi connectivity index (χ4n) is 6.06. The largest absolute Gasteiger partial charge is 0.457 e. The van der Waals surface area contributed by atoms with E-state index in [-0.39, 0.29) is 24.4 Å². The Kier molecular flexibility index (Phi) is 11.1. The molecule has 0 heterocycles. The highest BCUT2D eigenvalue weighted by atomic mass is 35.5. The van der Waals surface area contributed by atoms with Gasteiger partial charge in [0.05, 0.1) is 6.04 Å². The molecule has 4 N–H and O–H groups in total. The van der Waals surface area contributed by atoms with E-state index in [1.807, 2.05) is 91.9 Å². The van der Waals surface area contributed by atoms with Crippen LogP contribution < -0.4 is 21.1 Å². The number of ether oxygens (including phenoxy) is 1. The number of aryl methyl sites for hydroxylation is 1. The van der Waals surface area contributed by atoms with Crippen molar-refractivity contribution >= 4 is 35.8 Å². The minimum Gasteiger partial charge on any atom is -0.457 e. The van der Waals surface area contributed by atoms with Crippen LogP contribution in [0.15, 0.2) is 115 Å². The van der Waals surface area contributed by atoms with Crippen molar-refractivity contribution in [3.8, 4) is 33.8 Å². The van der Waals surface area contributed by atoms with Gasteiger partial charge < -0.3 is 10.5 Å². The van der Waals surface area contributed by atoms with Gasteiger partial charge in [0.25, 0.3) is 5.91 Å². The first-order valence-corrected chi connectivity index (χ1v) is 16.0. The van der Waals surface area contributed by atoms with Crippen LogP contribution in [-0.2, 0) is 17.8 Å². The van der Waals surface area contributed by atoms with Gasteiger partial charge in [0.1, 0.15) is 11.5 Å². The van der Waals surface area contributed by atoms with Gasteiger partial charge >= 0.3 is 0 Å². The van der Waals surface area contributed by atoms with E-state index in [0.29, 0.717) is 46.2 Å². The number of rotatable bonds is 10. The molecular formula is C39H37Cl2N3O3. The van der Waals surface area contributed by atoms with Gasteiger partial charge in [-0.15, -0.1) is 12.4 Å². The van der Waals surface area contributed by atoms with Crippen molar-refractivity contribution in [1.29, 1.82) is 0 Å². The molecule has 1 aliphatic rings. The second-order valence-electron chi connectivity index (χ2n) is 11.5. The molecule has 0 radical (unpaired) electrons. The maximum absolute atomic E-state index is 13.9. The highest BCUT2D eigenvalue weighted by molar-refractivity contribution is 6.30. The molecule has 0 saturated heterocycles. The zero-order valence-corrected chi connectivity index (χ0v) is 27.6. The van der Waals surface area contributed by atoms with Crippen molar-refractivity contribution in [2.45, 2.75) is 44.8 Å². The van der Waals surface area contributed by atoms with E-state index in [1.165, 1.54) is 11.1 Å². The van der Waals surface area contributed by atoms with E-state index in [4.69, 9.17) is 22.1 Å². The minimum atomic E-state index is -0.531. The Morgan fingerprint density at radius 3 is 2.45 bits per heavy atom. The molecule has 0 saturated carbocycles. The standard InChI is InChI=1S/C39H36ClN3O3.ClH/c1-2-35(42-36-20-16-27-12-6-7-14-31(27)36)39(45)43-38(44)33-18-15-28(26-10-4-3-5-11-26)22-34(33)32-19-17-29(40)23-37(32)46-30-13-8-9-25(21-30)24-41;/h3-15,17-19,21-23,35-36,42H,2,16,20,24,41H2,1H3,(H,43,44,45);1H/t35?,36-;/m0./s1. The lowest BCUT2D eigenvalue weighted by Crippen LogP contribution is -2.47. The Morgan fingerprint density at radius 2 is 1.66 bits per heavy atom. The summed E-state index contributed by atoms with van der Waals surface area (Å²) in [4.78, 5) is 27.5. The molecule has 2 atom stereocenters. The summed E-state index contributed by atoms with van der Waals surface area (Å²) in [5.74, 6) is 0.219. The molecule has 5 aromatic rings. The van der Waals surface area contributed by atoms with Crippen molar-refractivity contribution < 1.29 is 14.3 Å². The summed E-state index contributed by atoms with van der Waals surface area (Å²) in [6.45, 7) is 2.32. The van der Waals surface area contributed by atoms with Crippen molar-refractivity contribution in [2.24, 2.45) is 5.73 Å². The molecule has 0 aromatic heterocycles. The number of carbonyl (C=O) groups excluding carboxylic acids is 2. The van der Waals surface area contributed by atoms with Gasteiger partial charge in [-0.05, 0) is 89.0 Å². The third-order valence-corrected chi connectivity index (χ3v) is 8.70. The second kappa shape index (κ2) is 15.4. The molecule has 2 amide bonds. The molecule has 1 unspecified atom stereocenters. The number of nitrogens with two attached hydrogens (primary N) is 1. The quantitative estimate of drug-likeness (QED) is 0.139. The van der Waals surface area contributed by atoms with Crippen molar-refractivity contribution in [3.63, 3.8) is 0 Å². The molecule has 0 fully saturated rings. The highest BCUT2D eigenvalue weighted by Crippen LogP contribution is 2.39. The first-order valence-electron chi connectivity index (χ1n) is 15.6. The number of amides is 2. The van der Waals surface area contributed by atoms with Crippen LogP contribution in [0, 0.1) is 0 Å². The van der Waals surface area contributed by atoms with Crippen molar-refractivity contribution in [2.75, 3.05) is 0 Å². The van der Waals surface area contributed by atoms with Crippen LogP contribution in [0.5, 0.6) is 11.5 Å². The number of hydrogen-bond donors (Lipinski definition) is 3. The smallest absolute Gasteiger partial charge is 0.258 e. The predicted octanol–water partition coefficient (Wildman–Crippen LogP) is 8.66. The van der Waals surface area contributed by atoms with Gasteiger partial charge in [0.2, 0.25) is 5.91 Å². The van der Waals surface area contributed by atoms with E-state index in [9.17, 15) is 9.59 Å². The minimum absolute atomic E-state index is 0. The molecular weight excluding hydrogens is 629 g/mol. The van der Waals surface area contributed by atoms with Gasteiger partial charge in [-0.3, -0.25) is 20.2 Å². The van der Waals surface area contributed by atoms with E-state index in [2.05, 4.69) is 22.8 Å². The first kappa shape index (κ1) is 33.9. The topological polar surface area (TPSA) is 93.5 Å². The first-order chi connectivity index (χ1) is 22.4. The third-order valence-electron chi connectivity index (χ3n) is 8.46. The summed E-state index contributed by atoms with van der Waals surface area (Å²) in [5, 5.41) is 6.67. The summed E-state index contributed by atoms with van der Waals surface area (Å²) in [5.41, 5.74) is 12.8. The number of fused-ring (bicyclic) bond motifs is 1. The van der Waals surface area contributed by atoms with Gasteiger partial charge in [0, 0.05) is 34.8 Å².